The Labute approximate surface area is 78.2 Å². The summed E-state index contributed by atoms with van der Waals surface area (Å²) in [5.74, 6) is -1.08. The van der Waals surface area contributed by atoms with Gasteiger partial charge in [-0.3, -0.25) is 0 Å². The van der Waals surface area contributed by atoms with E-state index in [4.69, 9.17) is 16.7 Å². The van der Waals surface area contributed by atoms with E-state index in [-0.39, 0.29) is 10.8 Å². The van der Waals surface area contributed by atoms with Crippen LogP contribution >= 0.6 is 11.6 Å². The van der Waals surface area contributed by atoms with Crippen LogP contribution in [-0.2, 0) is 0 Å². The van der Waals surface area contributed by atoms with Crippen LogP contribution in [0.1, 0.15) is 10.5 Å². The average Bonchev–Trinajstić information content (AvgIpc) is 2.51. The van der Waals surface area contributed by atoms with Crippen LogP contribution in [0.15, 0.2) is 18.3 Å². The van der Waals surface area contributed by atoms with Gasteiger partial charge >= 0.3 is 5.97 Å². The van der Waals surface area contributed by atoms with E-state index in [1.54, 1.807) is 12.3 Å². The van der Waals surface area contributed by atoms with Crippen LogP contribution in [0.4, 0.5) is 0 Å². The smallest absolute Gasteiger partial charge is 0.354 e. The average molecular weight is 197 g/mol. The molecule has 0 amide bonds. The van der Waals surface area contributed by atoms with Crippen molar-refractivity contribution < 1.29 is 9.90 Å². The van der Waals surface area contributed by atoms with E-state index < -0.39 is 5.97 Å². The Kier molecular flexibility index (Phi) is 1.70. The first-order chi connectivity index (χ1) is 6.18. The Bertz CT molecular complexity index is 478. The summed E-state index contributed by atoms with van der Waals surface area (Å²) in [6.45, 7) is 0. The second kappa shape index (κ2) is 2.74. The molecule has 0 aliphatic rings. The molecule has 0 spiro atoms. The first kappa shape index (κ1) is 8.07. The fourth-order valence-corrected chi connectivity index (χ4v) is 1.38. The third-order valence-electron chi connectivity index (χ3n) is 1.72. The standard InChI is InChI=1S/C8H5ClN2O2/c9-7-4-1-2-10-5(4)3-6(11-7)8(12)13/h1-3,10H,(H,12,13). The predicted molar refractivity (Wildman–Crippen MR) is 48.1 cm³/mol. The van der Waals surface area contributed by atoms with E-state index >= 15 is 0 Å². The number of aromatic carboxylic acids is 1. The number of H-pyrrole nitrogens is 1. The predicted octanol–water partition coefficient (Wildman–Crippen LogP) is 1.91. The van der Waals surface area contributed by atoms with Crippen LogP contribution in [0, 0.1) is 0 Å². The van der Waals surface area contributed by atoms with Crippen LogP contribution in [0.2, 0.25) is 5.15 Å². The lowest BCUT2D eigenvalue weighted by Crippen LogP contribution is -1.99. The third kappa shape index (κ3) is 1.25. The van der Waals surface area contributed by atoms with Crippen LogP contribution < -0.4 is 0 Å². The highest BCUT2D eigenvalue weighted by Crippen LogP contribution is 2.21. The Morgan fingerprint density at radius 1 is 1.62 bits per heavy atom. The number of fused-ring (bicyclic) bond motifs is 1. The molecule has 2 aromatic heterocycles. The molecule has 0 atom stereocenters. The van der Waals surface area contributed by atoms with Gasteiger partial charge in [0.1, 0.15) is 5.15 Å². The van der Waals surface area contributed by atoms with E-state index in [0.717, 1.165) is 5.39 Å². The monoisotopic (exact) mass is 196 g/mol. The molecule has 2 aromatic rings. The number of carbonyl (C=O) groups is 1. The summed E-state index contributed by atoms with van der Waals surface area (Å²) in [4.78, 5) is 17.2. The summed E-state index contributed by atoms with van der Waals surface area (Å²) in [5, 5.41) is 9.60. The van der Waals surface area contributed by atoms with Crippen molar-refractivity contribution in [2.75, 3.05) is 0 Å². The summed E-state index contributed by atoms with van der Waals surface area (Å²) in [6.07, 6.45) is 1.68. The van der Waals surface area contributed by atoms with Crippen molar-refractivity contribution in [3.05, 3.63) is 29.2 Å². The zero-order valence-corrected chi connectivity index (χ0v) is 7.17. The second-order valence-corrected chi connectivity index (χ2v) is 2.90. The molecule has 0 unspecified atom stereocenters. The number of carboxylic acids is 1. The third-order valence-corrected chi connectivity index (χ3v) is 2.01. The van der Waals surface area contributed by atoms with Gasteiger partial charge < -0.3 is 10.1 Å². The lowest BCUT2D eigenvalue weighted by atomic mass is 10.3. The molecule has 0 aliphatic carbocycles. The number of hydrogen-bond acceptors (Lipinski definition) is 2. The van der Waals surface area contributed by atoms with Crippen LogP contribution in [0.25, 0.3) is 10.9 Å². The largest absolute Gasteiger partial charge is 0.477 e. The van der Waals surface area contributed by atoms with Gasteiger partial charge in [0.25, 0.3) is 0 Å². The maximum atomic E-state index is 10.6. The molecular formula is C8H5ClN2O2. The van der Waals surface area contributed by atoms with E-state index in [1.807, 2.05) is 0 Å². The summed E-state index contributed by atoms with van der Waals surface area (Å²) in [6, 6.07) is 3.19. The minimum atomic E-state index is -1.08. The topological polar surface area (TPSA) is 66.0 Å². The highest BCUT2D eigenvalue weighted by atomic mass is 35.5. The van der Waals surface area contributed by atoms with Gasteiger partial charge in [-0.25, -0.2) is 9.78 Å². The van der Waals surface area contributed by atoms with E-state index in [0.29, 0.717) is 5.52 Å². The van der Waals surface area contributed by atoms with Gasteiger partial charge in [-0.2, -0.15) is 0 Å². The number of aromatic nitrogens is 2. The lowest BCUT2D eigenvalue weighted by Gasteiger charge is -1.96. The molecule has 0 radical (unpaired) electrons. The lowest BCUT2D eigenvalue weighted by molar-refractivity contribution is 0.0690. The highest BCUT2D eigenvalue weighted by molar-refractivity contribution is 6.34. The number of pyridine rings is 1. The number of nitrogens with zero attached hydrogens (tertiary/aromatic N) is 1. The minimum absolute atomic E-state index is 0.0556. The Hall–Kier alpha value is -1.55. The first-order valence-electron chi connectivity index (χ1n) is 3.55. The Morgan fingerprint density at radius 3 is 3.08 bits per heavy atom. The second-order valence-electron chi connectivity index (χ2n) is 2.54. The molecule has 5 heteroatoms. The number of rotatable bonds is 1. The van der Waals surface area contributed by atoms with E-state index in [2.05, 4.69) is 9.97 Å². The zero-order valence-electron chi connectivity index (χ0n) is 6.41. The van der Waals surface area contributed by atoms with Crippen molar-refractivity contribution in [2.45, 2.75) is 0 Å². The molecule has 2 heterocycles. The van der Waals surface area contributed by atoms with Gasteiger partial charge in [-0.15, -0.1) is 0 Å². The van der Waals surface area contributed by atoms with Gasteiger partial charge in [0.05, 0.1) is 5.52 Å². The van der Waals surface area contributed by atoms with Gasteiger partial charge in [0.15, 0.2) is 5.69 Å². The fraction of sp³-hybridized carbons (Fsp3) is 0. The fourth-order valence-electron chi connectivity index (χ4n) is 1.13. The summed E-state index contributed by atoms with van der Waals surface area (Å²) >= 11 is 5.75. The maximum absolute atomic E-state index is 10.6. The van der Waals surface area contributed by atoms with Crippen LogP contribution in [0.5, 0.6) is 0 Å². The van der Waals surface area contributed by atoms with E-state index in [9.17, 15) is 4.79 Å². The SMILES string of the molecule is O=C(O)c1cc2[nH]ccc2c(Cl)n1. The summed E-state index contributed by atoms with van der Waals surface area (Å²) in [5.41, 5.74) is 0.623. The number of aromatic amines is 1. The van der Waals surface area contributed by atoms with Crippen molar-refractivity contribution in [3.8, 4) is 0 Å². The first-order valence-corrected chi connectivity index (χ1v) is 3.93. The molecule has 13 heavy (non-hydrogen) atoms. The minimum Gasteiger partial charge on any atom is -0.477 e. The van der Waals surface area contributed by atoms with Crippen molar-refractivity contribution in [3.63, 3.8) is 0 Å². The quantitative estimate of drug-likeness (QED) is 0.685. The Balaban J connectivity index is 2.77. The molecule has 66 valence electrons. The van der Waals surface area contributed by atoms with Gasteiger partial charge in [-0.05, 0) is 12.1 Å². The zero-order chi connectivity index (χ0) is 9.42. The molecule has 0 fully saturated rings. The molecule has 2 N–H and O–H groups in total. The normalized spacial score (nSPS) is 10.5. The van der Waals surface area contributed by atoms with Crippen molar-refractivity contribution >= 4 is 28.5 Å². The van der Waals surface area contributed by atoms with Crippen LogP contribution in [-0.4, -0.2) is 21.0 Å². The molecule has 0 saturated carbocycles. The Morgan fingerprint density at radius 2 is 2.38 bits per heavy atom. The number of carboxylic acid groups (broad SMARTS) is 1. The molecule has 0 aromatic carbocycles. The summed E-state index contributed by atoms with van der Waals surface area (Å²) < 4.78 is 0. The van der Waals surface area contributed by atoms with Gasteiger partial charge in [0.2, 0.25) is 0 Å². The van der Waals surface area contributed by atoms with Crippen molar-refractivity contribution in [1.82, 2.24) is 9.97 Å². The number of nitrogens with one attached hydrogen (secondary N) is 1. The molecule has 0 bridgehead atoms. The number of hydrogen-bond donors (Lipinski definition) is 2. The van der Waals surface area contributed by atoms with Crippen molar-refractivity contribution in [2.24, 2.45) is 0 Å². The molecule has 0 aliphatic heterocycles. The molecular weight excluding hydrogens is 192 g/mol. The van der Waals surface area contributed by atoms with Gasteiger partial charge in [-0.1, -0.05) is 11.6 Å². The molecule has 0 saturated heterocycles. The van der Waals surface area contributed by atoms with E-state index in [1.165, 1.54) is 6.07 Å². The molecule has 4 nitrogen and oxygen atoms in total. The number of halogens is 1. The van der Waals surface area contributed by atoms with Gasteiger partial charge in [0, 0.05) is 11.6 Å². The summed E-state index contributed by atoms with van der Waals surface area (Å²) in [7, 11) is 0. The molecule has 2 rings (SSSR count). The van der Waals surface area contributed by atoms with Crippen molar-refractivity contribution in [1.29, 1.82) is 0 Å². The van der Waals surface area contributed by atoms with Crippen LogP contribution in [0.3, 0.4) is 0 Å². The highest BCUT2D eigenvalue weighted by Gasteiger charge is 2.09. The maximum Gasteiger partial charge on any atom is 0.354 e.